The van der Waals surface area contributed by atoms with Crippen molar-refractivity contribution in [2.24, 2.45) is 0 Å². The van der Waals surface area contributed by atoms with Gasteiger partial charge in [0.25, 0.3) is 11.8 Å². The molecule has 5 N–H and O–H groups in total. The number of carboxylic acids is 1. The summed E-state index contributed by atoms with van der Waals surface area (Å²) in [6.07, 6.45) is 0.674. The minimum Gasteiger partial charge on any atom is -0.480 e. The van der Waals surface area contributed by atoms with Crippen LogP contribution in [0.4, 0.5) is 22.1 Å². The summed E-state index contributed by atoms with van der Waals surface area (Å²) < 4.78 is 1.52. The van der Waals surface area contributed by atoms with E-state index in [4.69, 9.17) is 28.9 Å². The molecule has 2 aliphatic heterocycles. The second-order valence-corrected chi connectivity index (χ2v) is 12.7. The van der Waals surface area contributed by atoms with E-state index in [1.54, 1.807) is 43.3 Å². The molecule has 2 aromatic carbocycles. The van der Waals surface area contributed by atoms with Crippen LogP contribution in [0.15, 0.2) is 48.7 Å². The zero-order chi connectivity index (χ0) is 33.1. The van der Waals surface area contributed by atoms with Crippen LogP contribution >= 0.6 is 23.2 Å². The zero-order valence-electron chi connectivity index (χ0n) is 24.4. The van der Waals surface area contributed by atoms with E-state index in [-0.39, 0.29) is 54.0 Å². The van der Waals surface area contributed by atoms with E-state index < -0.39 is 53.4 Å². The van der Waals surface area contributed by atoms with Gasteiger partial charge < -0.3 is 31.1 Å². The van der Waals surface area contributed by atoms with Crippen molar-refractivity contribution in [3.05, 3.63) is 70.0 Å². The lowest BCUT2D eigenvalue weighted by molar-refractivity contribution is -0.154. The third kappa shape index (κ3) is 5.26. The van der Waals surface area contributed by atoms with Gasteiger partial charge in [0.2, 0.25) is 11.9 Å². The Morgan fingerprint density at radius 1 is 1.04 bits per heavy atom. The molecule has 1 saturated carbocycles. The molecule has 3 aromatic rings. The predicted molar refractivity (Wildman–Crippen MR) is 166 cm³/mol. The van der Waals surface area contributed by atoms with Gasteiger partial charge in [0.05, 0.1) is 18.4 Å². The Kier molecular flexibility index (Phi) is 7.60. The molecule has 0 radical (unpaired) electrons. The number of benzene rings is 2. The Balaban J connectivity index is 1.34. The normalized spacial score (nSPS) is 21.6. The fourth-order valence-corrected chi connectivity index (χ4v) is 6.66. The van der Waals surface area contributed by atoms with Crippen LogP contribution in [-0.2, 0) is 26.3 Å². The average molecular weight is 671 g/mol. The molecule has 1 aliphatic carbocycles. The van der Waals surface area contributed by atoms with E-state index in [0.717, 1.165) is 15.4 Å². The summed E-state index contributed by atoms with van der Waals surface area (Å²) in [6, 6.07) is 10.2. The van der Waals surface area contributed by atoms with Crippen LogP contribution in [0.5, 0.6) is 0 Å². The lowest BCUT2D eigenvalue weighted by Gasteiger charge is -2.39. The van der Waals surface area contributed by atoms with Crippen molar-refractivity contribution in [2.75, 3.05) is 30.3 Å². The first-order chi connectivity index (χ1) is 21.7. The third-order valence-corrected chi connectivity index (χ3v) is 9.11. The van der Waals surface area contributed by atoms with E-state index in [2.05, 4.69) is 10.3 Å². The number of amides is 4. The first-order valence-corrected chi connectivity index (χ1v) is 15.1. The summed E-state index contributed by atoms with van der Waals surface area (Å²) >= 11 is 12.5. The number of nitrogens with one attached hydrogen (secondary N) is 1. The molecular formula is C30H29Cl2N7O7. The fourth-order valence-electron chi connectivity index (χ4n) is 6.15. The summed E-state index contributed by atoms with van der Waals surface area (Å²) in [7, 11) is 0. The molecule has 16 heteroatoms. The van der Waals surface area contributed by atoms with Crippen LogP contribution in [0.1, 0.15) is 35.8 Å². The number of nitrogen functional groups attached to an aromatic ring is 1. The van der Waals surface area contributed by atoms with Crippen molar-refractivity contribution in [1.29, 1.82) is 0 Å². The molecule has 2 atom stereocenters. The number of carboxylic acid groups (broad SMARTS) is 2. The Labute approximate surface area is 272 Å². The van der Waals surface area contributed by atoms with Crippen molar-refractivity contribution >= 4 is 70.3 Å². The number of anilines is 3. The van der Waals surface area contributed by atoms with Gasteiger partial charge in [0.1, 0.15) is 22.8 Å². The van der Waals surface area contributed by atoms with E-state index in [0.29, 0.717) is 11.4 Å². The monoisotopic (exact) mass is 669 g/mol. The maximum absolute atomic E-state index is 14.3. The number of rotatable bonds is 7. The molecule has 14 nitrogen and oxygen atoms in total. The molecule has 0 bridgehead atoms. The molecule has 6 rings (SSSR count). The summed E-state index contributed by atoms with van der Waals surface area (Å²) in [6.45, 7) is 1.07. The zero-order valence-corrected chi connectivity index (χ0v) is 26.0. The molecule has 4 amide bonds. The highest BCUT2D eigenvalue weighted by Crippen LogP contribution is 2.44. The molecule has 1 saturated heterocycles. The van der Waals surface area contributed by atoms with Crippen LogP contribution in [0, 0.1) is 0 Å². The number of halogens is 2. The Morgan fingerprint density at radius 3 is 2.28 bits per heavy atom. The number of aromatic nitrogens is 2. The van der Waals surface area contributed by atoms with Gasteiger partial charge in [-0.1, -0.05) is 35.3 Å². The van der Waals surface area contributed by atoms with Crippen LogP contribution < -0.4 is 16.0 Å². The molecule has 3 aliphatic rings. The van der Waals surface area contributed by atoms with Gasteiger partial charge in [-0.15, -0.1) is 0 Å². The number of hydrogen-bond acceptors (Lipinski definition) is 7. The summed E-state index contributed by atoms with van der Waals surface area (Å²) in [5.74, 6) is -2.93. The van der Waals surface area contributed by atoms with Crippen molar-refractivity contribution in [3.8, 4) is 0 Å². The number of hydrogen-bond donors (Lipinski definition) is 4. The Hall–Kier alpha value is -4.82. The third-order valence-electron chi connectivity index (χ3n) is 8.68. The number of carbonyl (C=O) groups excluding carboxylic acids is 3. The molecule has 240 valence electrons. The largest absolute Gasteiger partial charge is 0.480 e. The summed E-state index contributed by atoms with van der Waals surface area (Å²) in [5.41, 5.74) is 4.76. The highest BCUT2D eigenvalue weighted by Gasteiger charge is 2.57. The van der Waals surface area contributed by atoms with Crippen molar-refractivity contribution < 1.29 is 34.2 Å². The number of nitrogens with zero attached hydrogens (tertiary/aromatic N) is 5. The molecule has 46 heavy (non-hydrogen) atoms. The minimum atomic E-state index is -1.41. The molecule has 1 aromatic heterocycles. The lowest BCUT2D eigenvalue weighted by Crippen LogP contribution is -2.63. The van der Waals surface area contributed by atoms with E-state index >= 15 is 0 Å². The average Bonchev–Trinajstić information content (AvgIpc) is 3.58. The smallest absolute Gasteiger partial charge is 0.407 e. The van der Waals surface area contributed by atoms with Crippen LogP contribution in [0.2, 0.25) is 10.0 Å². The molecule has 1 unspecified atom stereocenters. The Morgan fingerprint density at radius 2 is 1.70 bits per heavy atom. The van der Waals surface area contributed by atoms with E-state index in [9.17, 15) is 34.2 Å². The molecule has 2 fully saturated rings. The minimum absolute atomic E-state index is 0.00137. The van der Waals surface area contributed by atoms with Crippen molar-refractivity contribution in [3.63, 3.8) is 0 Å². The van der Waals surface area contributed by atoms with Gasteiger partial charge in [-0.05, 0) is 55.7 Å². The maximum atomic E-state index is 14.3. The summed E-state index contributed by atoms with van der Waals surface area (Å²) in [5, 5.41) is 22.5. The molecule has 0 spiro atoms. The van der Waals surface area contributed by atoms with Crippen molar-refractivity contribution in [2.45, 2.75) is 43.3 Å². The van der Waals surface area contributed by atoms with Crippen LogP contribution in [-0.4, -0.2) is 90.6 Å². The molecule has 3 heterocycles. The second-order valence-electron chi connectivity index (χ2n) is 11.9. The summed E-state index contributed by atoms with van der Waals surface area (Å²) in [4.78, 5) is 73.2. The first-order valence-electron chi connectivity index (χ1n) is 14.3. The number of fused-ring (bicyclic) bond motifs is 1. The standard InChI is InChI=1S/C30H29Cl2N7O7/c1-29(13-16-2-4-19(33)5-3-16)25(43)38(20-11-17(31)10-18(32)12-20)27-34-14-21(39(27)29)23(40)35-30(6-7-30)26(44)37-9-8-36(28(45)46)15-22(37)24(41)42/h2-5,10-12,14,22H,6-9,13,15,33H2,1H3,(H,35,40)(H,41,42)(H,45,46)/t22?,29-/m1/s1. The van der Waals surface area contributed by atoms with Gasteiger partial charge in [-0.2, -0.15) is 0 Å². The van der Waals surface area contributed by atoms with Gasteiger partial charge in [0.15, 0.2) is 0 Å². The van der Waals surface area contributed by atoms with E-state index in [1.165, 1.54) is 21.7 Å². The number of aliphatic carboxylic acids is 1. The van der Waals surface area contributed by atoms with Crippen molar-refractivity contribution in [1.82, 2.24) is 24.7 Å². The lowest BCUT2D eigenvalue weighted by atomic mass is 9.91. The van der Waals surface area contributed by atoms with Gasteiger partial charge >= 0.3 is 12.1 Å². The highest BCUT2D eigenvalue weighted by atomic mass is 35.5. The quantitative estimate of drug-likeness (QED) is 0.274. The fraction of sp³-hybridized carbons (Fsp3) is 0.333. The Bertz CT molecular complexity index is 1770. The second kappa shape index (κ2) is 11.2. The van der Waals surface area contributed by atoms with Gasteiger partial charge in [-0.3, -0.25) is 19.0 Å². The van der Waals surface area contributed by atoms with Gasteiger partial charge in [0, 0.05) is 35.2 Å². The molecular weight excluding hydrogens is 641 g/mol. The number of carbonyl (C=O) groups is 5. The maximum Gasteiger partial charge on any atom is 0.407 e. The van der Waals surface area contributed by atoms with Crippen LogP contribution in [0.3, 0.4) is 0 Å². The highest BCUT2D eigenvalue weighted by molar-refractivity contribution is 6.35. The number of piperazine rings is 1. The van der Waals surface area contributed by atoms with E-state index in [1.807, 2.05) is 0 Å². The number of imidazole rings is 1. The first kappa shape index (κ1) is 31.2. The predicted octanol–water partition coefficient (Wildman–Crippen LogP) is 2.95. The topological polar surface area (TPSA) is 191 Å². The SMILES string of the molecule is C[C@@]1(Cc2ccc(N)cc2)C(=O)N(c2cc(Cl)cc(Cl)c2)c2ncc(C(=O)NC3(C(=O)N4CCN(C(=O)O)CC4C(=O)O)CC3)n21. The number of nitrogens with two attached hydrogens (primary N) is 1. The van der Waals surface area contributed by atoms with Gasteiger partial charge in [-0.25, -0.2) is 19.5 Å². The van der Waals surface area contributed by atoms with Crippen LogP contribution in [0.25, 0.3) is 0 Å².